The van der Waals surface area contributed by atoms with Crippen LogP contribution in [0.2, 0.25) is 0 Å². The third-order valence-electron chi connectivity index (χ3n) is 4.68. The summed E-state index contributed by atoms with van der Waals surface area (Å²) in [5.41, 5.74) is 3.16. The Morgan fingerprint density at radius 2 is 1.84 bits per heavy atom. The smallest absolute Gasteiger partial charge is 0.255 e. The second-order valence-corrected chi connectivity index (χ2v) is 8.13. The van der Waals surface area contributed by atoms with E-state index in [1.54, 1.807) is 16.6 Å². The van der Waals surface area contributed by atoms with E-state index in [9.17, 15) is 4.79 Å². The molecule has 0 saturated heterocycles. The Kier molecular flexibility index (Phi) is 5.30. The number of aromatic nitrogens is 5. The largest absolute Gasteiger partial charge is 0.322 e. The highest BCUT2D eigenvalue weighted by Gasteiger charge is 2.11. The molecule has 8 nitrogen and oxygen atoms in total. The molecule has 0 fully saturated rings. The van der Waals surface area contributed by atoms with Gasteiger partial charge in [0.05, 0.1) is 0 Å². The first-order valence-corrected chi connectivity index (χ1v) is 10.7. The fourth-order valence-electron chi connectivity index (χ4n) is 3.16. The second kappa shape index (κ2) is 8.56. The minimum Gasteiger partial charge on any atom is -0.322 e. The Balaban J connectivity index is 1.33. The zero-order valence-corrected chi connectivity index (χ0v) is 17.9. The van der Waals surface area contributed by atoms with Gasteiger partial charge in [-0.15, -0.1) is 5.10 Å². The second-order valence-electron chi connectivity index (χ2n) is 7.09. The van der Waals surface area contributed by atoms with Gasteiger partial charge in [-0.1, -0.05) is 18.2 Å². The fraction of sp³-hybridized carbons (Fsp3) is 0.0435. The average Bonchev–Trinajstić information content (AvgIpc) is 3.44. The first-order valence-electron chi connectivity index (χ1n) is 9.93. The molecule has 0 aliphatic rings. The standard InChI is InChI=1S/C23H19N7OS/c1-15-14-20(28-27-15)25-21-19-8-5-13-30(19)29-23(26-21)32-18-11-9-17(10-12-18)24-22(31)16-6-3-2-4-7-16/h2-14H,1H3,(H,24,31)(H2,25,26,27,28,29). The number of anilines is 3. The summed E-state index contributed by atoms with van der Waals surface area (Å²) in [5.74, 6) is 1.22. The predicted molar refractivity (Wildman–Crippen MR) is 125 cm³/mol. The summed E-state index contributed by atoms with van der Waals surface area (Å²) in [7, 11) is 0. The van der Waals surface area contributed by atoms with E-state index in [-0.39, 0.29) is 5.91 Å². The molecule has 3 heterocycles. The van der Waals surface area contributed by atoms with E-state index < -0.39 is 0 Å². The monoisotopic (exact) mass is 441 g/mol. The molecule has 0 bridgehead atoms. The van der Waals surface area contributed by atoms with Crippen LogP contribution in [0.15, 0.2) is 89.0 Å². The van der Waals surface area contributed by atoms with Crippen LogP contribution in [0.1, 0.15) is 16.1 Å². The van der Waals surface area contributed by atoms with Crippen LogP contribution in [-0.2, 0) is 0 Å². The Bertz CT molecular complexity index is 1380. The Morgan fingerprint density at radius 3 is 2.59 bits per heavy atom. The predicted octanol–water partition coefficient (Wildman–Crippen LogP) is 4.91. The highest BCUT2D eigenvalue weighted by molar-refractivity contribution is 7.99. The number of nitrogens with one attached hydrogen (secondary N) is 3. The van der Waals surface area contributed by atoms with Gasteiger partial charge in [0.1, 0.15) is 5.52 Å². The maximum absolute atomic E-state index is 12.3. The third-order valence-corrected chi connectivity index (χ3v) is 5.54. The number of carbonyl (C=O) groups excluding carboxylic acids is 1. The van der Waals surface area contributed by atoms with Crippen LogP contribution >= 0.6 is 11.8 Å². The molecule has 0 unspecified atom stereocenters. The van der Waals surface area contributed by atoms with Gasteiger partial charge in [-0.25, -0.2) is 9.50 Å². The van der Waals surface area contributed by atoms with Crippen LogP contribution < -0.4 is 10.6 Å². The minimum atomic E-state index is -0.142. The highest BCUT2D eigenvalue weighted by Crippen LogP contribution is 2.29. The molecule has 0 atom stereocenters. The molecule has 3 N–H and O–H groups in total. The van der Waals surface area contributed by atoms with Gasteiger partial charge in [-0.3, -0.25) is 9.89 Å². The summed E-state index contributed by atoms with van der Waals surface area (Å²) >= 11 is 1.44. The number of H-pyrrole nitrogens is 1. The Labute approximate surface area is 188 Å². The Hall–Kier alpha value is -4.11. The van der Waals surface area contributed by atoms with E-state index in [0.717, 1.165) is 21.8 Å². The lowest BCUT2D eigenvalue weighted by atomic mass is 10.2. The number of rotatable bonds is 6. The fourth-order valence-corrected chi connectivity index (χ4v) is 3.91. The van der Waals surface area contributed by atoms with E-state index in [4.69, 9.17) is 0 Å². The van der Waals surface area contributed by atoms with E-state index in [1.807, 2.05) is 73.8 Å². The molecule has 5 rings (SSSR count). The number of aryl methyl sites for hydroxylation is 1. The molecular formula is C23H19N7OS. The van der Waals surface area contributed by atoms with Crippen molar-refractivity contribution in [2.45, 2.75) is 17.0 Å². The number of benzene rings is 2. The van der Waals surface area contributed by atoms with E-state index in [2.05, 4.69) is 30.9 Å². The highest BCUT2D eigenvalue weighted by atomic mass is 32.2. The van der Waals surface area contributed by atoms with Crippen LogP contribution in [0, 0.1) is 6.92 Å². The van der Waals surface area contributed by atoms with Crippen LogP contribution in [0.25, 0.3) is 5.52 Å². The summed E-state index contributed by atoms with van der Waals surface area (Å²) in [4.78, 5) is 18.0. The number of aromatic amines is 1. The first kappa shape index (κ1) is 19.8. The zero-order chi connectivity index (χ0) is 21.9. The summed E-state index contributed by atoms with van der Waals surface area (Å²) in [6.45, 7) is 1.94. The molecule has 0 saturated carbocycles. The molecular weight excluding hydrogens is 422 g/mol. The van der Waals surface area contributed by atoms with Crippen LogP contribution in [0.5, 0.6) is 0 Å². The van der Waals surface area contributed by atoms with Gasteiger partial charge in [0, 0.05) is 34.1 Å². The van der Waals surface area contributed by atoms with Crippen molar-refractivity contribution in [1.82, 2.24) is 24.8 Å². The molecule has 2 aromatic carbocycles. The van der Waals surface area contributed by atoms with Gasteiger partial charge in [0.2, 0.25) is 5.16 Å². The number of hydrogen-bond acceptors (Lipinski definition) is 6. The van der Waals surface area contributed by atoms with Crippen molar-refractivity contribution in [2.24, 2.45) is 0 Å². The van der Waals surface area contributed by atoms with Gasteiger partial charge < -0.3 is 10.6 Å². The van der Waals surface area contributed by atoms with Crippen molar-refractivity contribution in [3.63, 3.8) is 0 Å². The van der Waals surface area contributed by atoms with E-state index >= 15 is 0 Å². The molecule has 1 amide bonds. The quantitative estimate of drug-likeness (QED) is 0.346. The van der Waals surface area contributed by atoms with Gasteiger partial charge in [0.15, 0.2) is 11.6 Å². The maximum Gasteiger partial charge on any atom is 0.255 e. The molecule has 9 heteroatoms. The third kappa shape index (κ3) is 4.33. The van der Waals surface area contributed by atoms with Gasteiger partial charge in [-0.05, 0) is 67.2 Å². The van der Waals surface area contributed by atoms with E-state index in [1.165, 1.54) is 11.8 Å². The first-order chi connectivity index (χ1) is 15.6. The summed E-state index contributed by atoms with van der Waals surface area (Å²) in [5, 5.41) is 18.5. The molecule has 0 aliphatic carbocycles. The minimum absolute atomic E-state index is 0.142. The van der Waals surface area contributed by atoms with Crippen molar-refractivity contribution >= 4 is 40.5 Å². The van der Waals surface area contributed by atoms with Gasteiger partial charge in [0.25, 0.3) is 5.91 Å². The summed E-state index contributed by atoms with van der Waals surface area (Å²) < 4.78 is 1.78. The SMILES string of the molecule is Cc1cc(Nc2nc(Sc3ccc(NC(=O)c4ccccc4)cc3)nn3cccc23)n[nH]1. The molecule has 0 radical (unpaired) electrons. The molecule has 0 aliphatic heterocycles. The van der Waals surface area contributed by atoms with Gasteiger partial charge in [-0.2, -0.15) is 5.10 Å². The number of carbonyl (C=O) groups is 1. The number of amides is 1. The van der Waals surface area contributed by atoms with Crippen molar-refractivity contribution < 1.29 is 4.79 Å². The van der Waals surface area contributed by atoms with Crippen LogP contribution in [0.4, 0.5) is 17.3 Å². The summed E-state index contributed by atoms with van der Waals surface area (Å²) in [6, 6.07) is 22.5. The number of hydrogen-bond donors (Lipinski definition) is 3. The summed E-state index contributed by atoms with van der Waals surface area (Å²) in [6.07, 6.45) is 1.88. The van der Waals surface area contributed by atoms with Crippen molar-refractivity contribution in [3.05, 3.63) is 90.3 Å². The van der Waals surface area contributed by atoms with Crippen LogP contribution in [0.3, 0.4) is 0 Å². The molecule has 5 aromatic rings. The molecule has 32 heavy (non-hydrogen) atoms. The van der Waals surface area contributed by atoms with Crippen molar-refractivity contribution in [1.29, 1.82) is 0 Å². The van der Waals surface area contributed by atoms with Gasteiger partial charge >= 0.3 is 0 Å². The molecule has 0 spiro atoms. The molecule has 3 aromatic heterocycles. The number of nitrogens with zero attached hydrogens (tertiary/aromatic N) is 4. The van der Waals surface area contributed by atoms with Crippen LogP contribution in [-0.4, -0.2) is 30.7 Å². The lowest BCUT2D eigenvalue weighted by molar-refractivity contribution is 0.102. The number of fused-ring (bicyclic) bond motifs is 1. The Morgan fingerprint density at radius 1 is 1.03 bits per heavy atom. The zero-order valence-electron chi connectivity index (χ0n) is 17.1. The molecule has 158 valence electrons. The topological polar surface area (TPSA) is 100 Å². The van der Waals surface area contributed by atoms with Crippen molar-refractivity contribution in [2.75, 3.05) is 10.6 Å². The normalized spacial score (nSPS) is 10.9. The lowest BCUT2D eigenvalue weighted by Crippen LogP contribution is -2.11. The van der Waals surface area contributed by atoms with Crippen molar-refractivity contribution in [3.8, 4) is 0 Å². The lowest BCUT2D eigenvalue weighted by Gasteiger charge is -2.09. The average molecular weight is 442 g/mol. The maximum atomic E-state index is 12.3. The van der Waals surface area contributed by atoms with E-state index in [0.29, 0.717) is 22.4 Å².